The highest BCUT2D eigenvalue weighted by molar-refractivity contribution is 6.06. The highest BCUT2D eigenvalue weighted by Gasteiger charge is 2.10. The second kappa shape index (κ2) is 9.24. The number of carbonyl (C=O) groups excluding carboxylic acids is 1. The number of hydrogen-bond acceptors (Lipinski definition) is 3. The van der Waals surface area contributed by atoms with E-state index in [1.807, 2.05) is 48.7 Å². The second-order valence-electron chi connectivity index (χ2n) is 8.30. The van der Waals surface area contributed by atoms with Gasteiger partial charge in [-0.15, -0.1) is 0 Å². The molecular weight excluding hydrogens is 422 g/mol. The summed E-state index contributed by atoms with van der Waals surface area (Å²) in [6, 6.07) is 24.1. The summed E-state index contributed by atoms with van der Waals surface area (Å²) < 4.78 is 5.22. The number of nitrogens with zero attached hydrogens (tertiary/aromatic N) is 1. The molecule has 0 aliphatic heterocycles. The minimum absolute atomic E-state index is 0.385. The number of fused-ring (bicyclic) bond motifs is 3. The van der Waals surface area contributed by atoms with Crippen LogP contribution in [0, 0.1) is 0 Å². The molecule has 5 heteroatoms. The highest BCUT2D eigenvalue weighted by Crippen LogP contribution is 2.27. The molecule has 5 aromatic rings. The minimum Gasteiger partial charge on any atom is -0.497 e. The Hall–Kier alpha value is -4.38. The van der Waals surface area contributed by atoms with E-state index in [1.165, 1.54) is 5.56 Å². The van der Waals surface area contributed by atoms with Gasteiger partial charge in [0.1, 0.15) is 11.4 Å². The first-order valence-corrected chi connectivity index (χ1v) is 11.2. The molecule has 168 valence electrons. The molecule has 0 spiro atoms. The molecule has 2 aromatic heterocycles. The van der Waals surface area contributed by atoms with Crippen molar-refractivity contribution in [2.24, 2.45) is 5.73 Å². The summed E-state index contributed by atoms with van der Waals surface area (Å²) in [7, 11) is 1.67. The van der Waals surface area contributed by atoms with Crippen molar-refractivity contribution >= 4 is 40.0 Å². The number of pyridine rings is 1. The molecule has 0 bridgehead atoms. The van der Waals surface area contributed by atoms with Gasteiger partial charge in [0.15, 0.2) is 0 Å². The van der Waals surface area contributed by atoms with Gasteiger partial charge in [0.25, 0.3) is 0 Å². The molecular formula is C29H25N3O2. The SMILES string of the molecule is COc1ccc(C=Cc2cnc3[nH]c4ccc(CCc5ccccc5C(N)=O)cc4c3c2)cc1. The quantitative estimate of drug-likeness (QED) is 0.332. The van der Waals surface area contributed by atoms with Gasteiger partial charge in [0, 0.05) is 28.0 Å². The predicted molar refractivity (Wildman–Crippen MR) is 138 cm³/mol. The van der Waals surface area contributed by atoms with Crippen LogP contribution in [0.25, 0.3) is 34.1 Å². The van der Waals surface area contributed by atoms with Gasteiger partial charge in [-0.1, -0.05) is 48.6 Å². The van der Waals surface area contributed by atoms with Crippen molar-refractivity contribution in [2.45, 2.75) is 12.8 Å². The van der Waals surface area contributed by atoms with Gasteiger partial charge >= 0.3 is 0 Å². The monoisotopic (exact) mass is 447 g/mol. The molecule has 0 radical (unpaired) electrons. The van der Waals surface area contributed by atoms with Crippen LogP contribution in [0.1, 0.15) is 32.6 Å². The van der Waals surface area contributed by atoms with E-state index < -0.39 is 0 Å². The van der Waals surface area contributed by atoms with Crippen molar-refractivity contribution in [1.29, 1.82) is 0 Å². The number of methoxy groups -OCH3 is 1. The predicted octanol–water partition coefficient (Wildman–Crippen LogP) is 5.78. The number of aryl methyl sites for hydroxylation is 2. The summed E-state index contributed by atoms with van der Waals surface area (Å²) in [5.74, 6) is 0.455. The third kappa shape index (κ3) is 4.41. The molecule has 0 saturated heterocycles. The molecule has 3 N–H and O–H groups in total. The van der Waals surface area contributed by atoms with Crippen molar-refractivity contribution in [3.63, 3.8) is 0 Å². The maximum absolute atomic E-state index is 11.7. The van der Waals surface area contributed by atoms with Gasteiger partial charge in [-0.3, -0.25) is 4.79 Å². The largest absolute Gasteiger partial charge is 0.497 e. The lowest BCUT2D eigenvalue weighted by atomic mass is 9.98. The Balaban J connectivity index is 1.41. The Morgan fingerprint density at radius 3 is 2.53 bits per heavy atom. The number of nitrogens with two attached hydrogens (primary N) is 1. The number of aromatic nitrogens is 2. The molecule has 5 rings (SSSR count). The standard InChI is InChI=1S/C29H25N3O2/c1-34-23-13-9-19(10-14-23)6-7-21-17-26-25-16-20(11-15-27(25)32-29(26)31-18-21)8-12-22-4-2-3-5-24(22)28(30)33/h2-7,9-11,13-18H,8,12H2,1H3,(H2,30,33)(H,31,32). The summed E-state index contributed by atoms with van der Waals surface area (Å²) in [6.45, 7) is 0. The molecule has 2 heterocycles. The van der Waals surface area contributed by atoms with Crippen molar-refractivity contribution in [3.05, 3.63) is 107 Å². The number of H-pyrrole nitrogens is 1. The van der Waals surface area contributed by atoms with Gasteiger partial charge in [-0.25, -0.2) is 4.98 Å². The topological polar surface area (TPSA) is 81.0 Å². The van der Waals surface area contributed by atoms with E-state index in [1.54, 1.807) is 13.2 Å². The fourth-order valence-corrected chi connectivity index (χ4v) is 4.25. The lowest BCUT2D eigenvalue weighted by molar-refractivity contribution is 0.0999. The molecule has 0 aliphatic carbocycles. The zero-order valence-corrected chi connectivity index (χ0v) is 18.9. The maximum Gasteiger partial charge on any atom is 0.248 e. The number of amides is 1. The highest BCUT2D eigenvalue weighted by atomic mass is 16.5. The number of ether oxygens (including phenoxy) is 1. The van der Waals surface area contributed by atoms with Crippen LogP contribution in [-0.4, -0.2) is 23.0 Å². The Morgan fingerprint density at radius 1 is 0.941 bits per heavy atom. The summed E-state index contributed by atoms with van der Waals surface area (Å²) in [5, 5.41) is 2.23. The first-order valence-electron chi connectivity index (χ1n) is 11.2. The van der Waals surface area contributed by atoms with Gasteiger partial charge in [-0.2, -0.15) is 0 Å². The van der Waals surface area contributed by atoms with Crippen LogP contribution >= 0.6 is 0 Å². The van der Waals surface area contributed by atoms with Gasteiger partial charge in [0.05, 0.1) is 7.11 Å². The fraction of sp³-hybridized carbons (Fsp3) is 0.103. The van der Waals surface area contributed by atoms with Gasteiger partial charge in [0.2, 0.25) is 5.91 Å². The maximum atomic E-state index is 11.7. The van der Waals surface area contributed by atoms with E-state index in [2.05, 4.69) is 46.4 Å². The summed E-state index contributed by atoms with van der Waals surface area (Å²) >= 11 is 0. The van der Waals surface area contributed by atoms with Crippen molar-refractivity contribution in [2.75, 3.05) is 7.11 Å². The zero-order chi connectivity index (χ0) is 23.5. The first kappa shape index (κ1) is 21.5. The molecule has 0 aliphatic rings. The van der Waals surface area contributed by atoms with Crippen LogP contribution in [0.15, 0.2) is 79.0 Å². The first-order chi connectivity index (χ1) is 16.6. The van der Waals surface area contributed by atoms with Gasteiger partial charge < -0.3 is 15.5 Å². The number of primary amides is 1. The normalized spacial score (nSPS) is 11.4. The number of hydrogen-bond donors (Lipinski definition) is 2. The third-order valence-electron chi connectivity index (χ3n) is 6.09. The number of aromatic amines is 1. The smallest absolute Gasteiger partial charge is 0.248 e. The molecule has 0 unspecified atom stereocenters. The van der Waals surface area contributed by atoms with Crippen molar-refractivity contribution < 1.29 is 9.53 Å². The lowest BCUT2D eigenvalue weighted by Crippen LogP contribution is -2.13. The fourth-order valence-electron chi connectivity index (χ4n) is 4.25. The van der Waals surface area contributed by atoms with Crippen LogP contribution in [0.5, 0.6) is 5.75 Å². The van der Waals surface area contributed by atoms with Crippen LogP contribution < -0.4 is 10.5 Å². The lowest BCUT2D eigenvalue weighted by Gasteiger charge is -2.07. The molecule has 34 heavy (non-hydrogen) atoms. The summed E-state index contributed by atoms with van der Waals surface area (Å²) in [5.41, 5.74) is 12.4. The second-order valence-corrected chi connectivity index (χ2v) is 8.30. The Morgan fingerprint density at radius 2 is 1.74 bits per heavy atom. The van der Waals surface area contributed by atoms with Crippen LogP contribution in [0.2, 0.25) is 0 Å². The van der Waals surface area contributed by atoms with E-state index in [4.69, 9.17) is 10.5 Å². The van der Waals surface area contributed by atoms with Crippen LogP contribution in [0.3, 0.4) is 0 Å². The number of rotatable bonds is 7. The average Bonchev–Trinajstić information content (AvgIpc) is 3.24. The van der Waals surface area contributed by atoms with Crippen LogP contribution in [0.4, 0.5) is 0 Å². The molecule has 5 nitrogen and oxygen atoms in total. The van der Waals surface area contributed by atoms with E-state index in [0.717, 1.165) is 57.2 Å². The van der Waals surface area contributed by atoms with E-state index in [-0.39, 0.29) is 5.91 Å². The van der Waals surface area contributed by atoms with Crippen molar-refractivity contribution in [3.8, 4) is 5.75 Å². The average molecular weight is 448 g/mol. The number of nitrogens with one attached hydrogen (secondary N) is 1. The number of carbonyl (C=O) groups is 1. The zero-order valence-electron chi connectivity index (χ0n) is 18.9. The molecule has 0 atom stereocenters. The van der Waals surface area contributed by atoms with E-state index >= 15 is 0 Å². The number of benzene rings is 3. The minimum atomic E-state index is -0.385. The van der Waals surface area contributed by atoms with Gasteiger partial charge in [-0.05, 0) is 71.5 Å². The molecule has 3 aromatic carbocycles. The summed E-state index contributed by atoms with van der Waals surface area (Å²) in [4.78, 5) is 19.8. The molecule has 0 saturated carbocycles. The molecule has 0 fully saturated rings. The van der Waals surface area contributed by atoms with Crippen molar-refractivity contribution in [1.82, 2.24) is 9.97 Å². The summed E-state index contributed by atoms with van der Waals surface area (Å²) in [6.07, 6.45) is 7.58. The Bertz CT molecular complexity index is 1510. The molecule has 1 amide bonds. The Kier molecular flexibility index (Phi) is 5.83. The third-order valence-corrected chi connectivity index (χ3v) is 6.09. The van der Waals surface area contributed by atoms with E-state index in [0.29, 0.717) is 5.56 Å². The Labute approximate surface area is 197 Å². The van der Waals surface area contributed by atoms with Crippen LogP contribution in [-0.2, 0) is 12.8 Å². The van der Waals surface area contributed by atoms with E-state index in [9.17, 15) is 4.79 Å².